The van der Waals surface area contributed by atoms with Crippen LogP contribution in [0.15, 0.2) is 48.5 Å². The van der Waals surface area contributed by atoms with Gasteiger partial charge in [0.25, 0.3) is 0 Å². The number of hydrogen-bond donors (Lipinski definition) is 3. The third-order valence-electron chi connectivity index (χ3n) is 6.23. The molecule has 2 aromatic rings. The Labute approximate surface area is 153 Å². The number of aliphatic hydroxyl groups excluding tert-OH is 1. The van der Waals surface area contributed by atoms with Crippen molar-refractivity contribution in [2.24, 2.45) is 11.8 Å². The van der Waals surface area contributed by atoms with Crippen LogP contribution in [0.2, 0.25) is 0 Å². The Morgan fingerprint density at radius 1 is 1.19 bits per heavy atom. The summed E-state index contributed by atoms with van der Waals surface area (Å²) in [5, 5.41) is 24.4. The first-order valence-electron chi connectivity index (χ1n) is 9.24. The fourth-order valence-corrected chi connectivity index (χ4v) is 4.89. The highest BCUT2D eigenvalue weighted by atomic mass is 19.1. The van der Waals surface area contributed by atoms with Crippen LogP contribution in [-0.2, 0) is 5.54 Å². The van der Waals surface area contributed by atoms with E-state index in [-0.39, 0.29) is 36.1 Å². The van der Waals surface area contributed by atoms with Gasteiger partial charge < -0.3 is 15.1 Å². The van der Waals surface area contributed by atoms with E-state index in [4.69, 9.17) is 0 Å². The first-order valence-corrected chi connectivity index (χ1v) is 9.24. The van der Waals surface area contributed by atoms with Gasteiger partial charge in [0, 0.05) is 30.6 Å². The number of benzene rings is 2. The number of hydrogen-bond acceptors (Lipinski definition) is 4. The molecule has 2 aliphatic rings. The Kier molecular flexibility index (Phi) is 4.47. The Morgan fingerprint density at radius 3 is 2.65 bits per heavy atom. The predicted molar refractivity (Wildman–Crippen MR) is 98.2 cm³/mol. The summed E-state index contributed by atoms with van der Waals surface area (Å²) in [5.41, 5.74) is 1.01. The fourth-order valence-electron chi connectivity index (χ4n) is 4.89. The van der Waals surface area contributed by atoms with Gasteiger partial charge in [-0.15, -0.1) is 0 Å². The molecule has 4 nitrogen and oxygen atoms in total. The molecule has 0 aliphatic carbocycles. The predicted octanol–water partition coefficient (Wildman–Crippen LogP) is 2.63. The molecule has 138 valence electrons. The maximum absolute atomic E-state index is 13.9. The standard InChI is InChI=1S/C21H25FN2O2/c1-2-24-11-17-18(12-24)21(13-25,14-6-4-3-5-7-14)23-20(17)16-10-15(22)8-9-19(16)26/h3-10,17-18,20,23,25-26H,2,11-13H2,1H3/t17-,18+,20-,21-/m1/s1. The Bertz CT molecular complexity index is 785. The van der Waals surface area contributed by atoms with Gasteiger partial charge >= 0.3 is 0 Å². The monoisotopic (exact) mass is 356 g/mol. The molecule has 2 heterocycles. The molecule has 0 saturated carbocycles. The molecule has 0 aromatic heterocycles. The average Bonchev–Trinajstić information content (AvgIpc) is 3.22. The molecule has 3 N–H and O–H groups in total. The Balaban J connectivity index is 1.81. The lowest BCUT2D eigenvalue weighted by atomic mass is 9.76. The van der Waals surface area contributed by atoms with E-state index >= 15 is 0 Å². The number of aliphatic hydroxyl groups is 1. The molecule has 2 aromatic carbocycles. The van der Waals surface area contributed by atoms with Gasteiger partial charge in [-0.3, -0.25) is 5.32 Å². The van der Waals surface area contributed by atoms with E-state index in [0.717, 1.165) is 25.2 Å². The largest absolute Gasteiger partial charge is 0.508 e. The number of nitrogens with zero attached hydrogens (tertiary/aromatic N) is 1. The molecule has 4 atom stereocenters. The van der Waals surface area contributed by atoms with E-state index in [1.54, 1.807) is 0 Å². The SMILES string of the molecule is CCN1C[C@H]2[C@@H](c3cc(F)ccc3O)N[C@](CO)(c3ccccc3)[C@H]2C1. The van der Waals surface area contributed by atoms with Gasteiger partial charge in [-0.25, -0.2) is 4.39 Å². The molecular formula is C21H25FN2O2. The lowest BCUT2D eigenvalue weighted by Crippen LogP contribution is -2.48. The number of fused-ring (bicyclic) bond motifs is 1. The van der Waals surface area contributed by atoms with Crippen molar-refractivity contribution in [1.82, 2.24) is 10.2 Å². The van der Waals surface area contributed by atoms with Crippen LogP contribution in [-0.4, -0.2) is 41.4 Å². The average molecular weight is 356 g/mol. The molecule has 5 heteroatoms. The second kappa shape index (κ2) is 6.65. The summed E-state index contributed by atoms with van der Waals surface area (Å²) < 4.78 is 13.9. The van der Waals surface area contributed by atoms with E-state index in [1.807, 2.05) is 30.3 Å². The molecule has 2 saturated heterocycles. The van der Waals surface area contributed by atoms with Crippen LogP contribution < -0.4 is 5.32 Å². The minimum atomic E-state index is -0.598. The molecule has 0 bridgehead atoms. The summed E-state index contributed by atoms with van der Waals surface area (Å²) in [6, 6.07) is 13.9. The van der Waals surface area contributed by atoms with E-state index < -0.39 is 5.54 Å². The lowest BCUT2D eigenvalue weighted by Gasteiger charge is -2.35. The zero-order valence-electron chi connectivity index (χ0n) is 14.9. The number of phenols is 1. The van der Waals surface area contributed by atoms with Crippen LogP contribution in [0.4, 0.5) is 4.39 Å². The Hall–Kier alpha value is -1.95. The topological polar surface area (TPSA) is 55.7 Å². The van der Waals surface area contributed by atoms with Crippen molar-refractivity contribution in [3.05, 3.63) is 65.5 Å². The van der Waals surface area contributed by atoms with Crippen molar-refractivity contribution in [3.8, 4) is 5.75 Å². The van der Waals surface area contributed by atoms with Crippen molar-refractivity contribution in [2.45, 2.75) is 18.5 Å². The van der Waals surface area contributed by atoms with Gasteiger partial charge in [0.1, 0.15) is 11.6 Å². The lowest BCUT2D eigenvalue weighted by molar-refractivity contribution is 0.127. The molecule has 0 amide bonds. The highest BCUT2D eigenvalue weighted by Gasteiger charge is 2.57. The van der Waals surface area contributed by atoms with E-state index in [2.05, 4.69) is 17.1 Å². The minimum Gasteiger partial charge on any atom is -0.508 e. The van der Waals surface area contributed by atoms with Gasteiger partial charge in [-0.05, 0) is 36.2 Å². The van der Waals surface area contributed by atoms with Gasteiger partial charge in [-0.2, -0.15) is 0 Å². The Morgan fingerprint density at radius 2 is 1.96 bits per heavy atom. The van der Waals surface area contributed by atoms with Crippen molar-refractivity contribution in [3.63, 3.8) is 0 Å². The van der Waals surface area contributed by atoms with Crippen LogP contribution in [0.5, 0.6) is 5.75 Å². The van der Waals surface area contributed by atoms with E-state index in [1.165, 1.54) is 18.2 Å². The number of nitrogens with one attached hydrogen (secondary N) is 1. The number of aromatic hydroxyl groups is 1. The van der Waals surface area contributed by atoms with Crippen molar-refractivity contribution >= 4 is 0 Å². The van der Waals surface area contributed by atoms with Crippen LogP contribution in [0.3, 0.4) is 0 Å². The van der Waals surface area contributed by atoms with Crippen LogP contribution >= 0.6 is 0 Å². The normalized spacial score (nSPS) is 31.3. The zero-order valence-corrected chi connectivity index (χ0v) is 14.9. The van der Waals surface area contributed by atoms with Crippen molar-refractivity contribution in [1.29, 1.82) is 0 Å². The molecule has 0 spiro atoms. The highest BCUT2D eigenvalue weighted by molar-refractivity contribution is 5.40. The second-order valence-electron chi connectivity index (χ2n) is 7.44. The van der Waals surface area contributed by atoms with E-state index in [0.29, 0.717) is 5.56 Å². The van der Waals surface area contributed by atoms with Gasteiger partial charge in [0.2, 0.25) is 0 Å². The summed E-state index contributed by atoms with van der Waals surface area (Å²) in [5.74, 6) is 0.111. The van der Waals surface area contributed by atoms with Gasteiger partial charge in [0.05, 0.1) is 12.1 Å². The summed E-state index contributed by atoms with van der Waals surface area (Å²) >= 11 is 0. The third-order valence-corrected chi connectivity index (χ3v) is 6.23. The highest BCUT2D eigenvalue weighted by Crippen LogP contribution is 2.52. The van der Waals surface area contributed by atoms with E-state index in [9.17, 15) is 14.6 Å². The first kappa shape index (κ1) is 17.5. The number of likely N-dealkylation sites (tertiary alicyclic amines) is 1. The molecule has 26 heavy (non-hydrogen) atoms. The van der Waals surface area contributed by atoms with Crippen molar-refractivity contribution in [2.75, 3.05) is 26.2 Å². The second-order valence-corrected chi connectivity index (χ2v) is 7.44. The molecule has 0 unspecified atom stereocenters. The summed E-state index contributed by atoms with van der Waals surface area (Å²) in [6.07, 6.45) is 0. The van der Waals surface area contributed by atoms with Crippen molar-refractivity contribution < 1.29 is 14.6 Å². The zero-order chi connectivity index (χ0) is 18.3. The van der Waals surface area contributed by atoms with Crippen LogP contribution in [0.1, 0.15) is 24.1 Å². The molecule has 0 radical (unpaired) electrons. The minimum absolute atomic E-state index is 0.0394. The first-order chi connectivity index (χ1) is 12.6. The number of rotatable bonds is 4. The fraction of sp³-hybridized carbons (Fsp3) is 0.429. The molecule has 2 fully saturated rings. The number of phenolic OH excluding ortho intramolecular Hbond substituents is 1. The quantitative estimate of drug-likeness (QED) is 0.788. The smallest absolute Gasteiger partial charge is 0.123 e. The molecule has 4 rings (SSSR count). The molecular weight excluding hydrogens is 331 g/mol. The third kappa shape index (κ3) is 2.62. The maximum atomic E-state index is 13.9. The number of halogens is 1. The summed E-state index contributed by atoms with van der Waals surface area (Å²) in [6.45, 7) is 4.76. The maximum Gasteiger partial charge on any atom is 0.123 e. The van der Waals surface area contributed by atoms with Crippen LogP contribution in [0, 0.1) is 17.7 Å². The summed E-state index contributed by atoms with van der Waals surface area (Å²) in [7, 11) is 0. The molecule has 2 aliphatic heterocycles. The van der Waals surface area contributed by atoms with Crippen LogP contribution in [0.25, 0.3) is 0 Å². The summed E-state index contributed by atoms with van der Waals surface area (Å²) in [4.78, 5) is 2.37. The van der Waals surface area contributed by atoms with Gasteiger partial charge in [0.15, 0.2) is 0 Å². The van der Waals surface area contributed by atoms with Gasteiger partial charge in [-0.1, -0.05) is 37.3 Å².